The molecule has 2 aromatic rings. The molecule has 0 bridgehead atoms. The molecule has 1 aliphatic heterocycles. The van der Waals surface area contributed by atoms with Crippen LogP contribution in [0.4, 0.5) is 17.6 Å². The van der Waals surface area contributed by atoms with E-state index in [2.05, 4.69) is 4.74 Å². The maximum absolute atomic E-state index is 14.5. The monoisotopic (exact) mass is 451 g/mol. The summed E-state index contributed by atoms with van der Waals surface area (Å²) in [5.41, 5.74) is -0.178. The van der Waals surface area contributed by atoms with Gasteiger partial charge in [0.1, 0.15) is 23.1 Å². The first kappa shape index (κ1) is 21.5. The summed E-state index contributed by atoms with van der Waals surface area (Å²) in [5.74, 6) is -1.99. The summed E-state index contributed by atoms with van der Waals surface area (Å²) in [6, 6.07) is 5.32. The minimum Gasteiger partial charge on any atom is -0.456 e. The van der Waals surface area contributed by atoms with Crippen molar-refractivity contribution in [1.29, 1.82) is 0 Å². The number of benzene rings is 2. The molecule has 29 heavy (non-hydrogen) atoms. The fraction of sp³-hybridized carbons (Fsp3) is 0.316. The largest absolute Gasteiger partial charge is 0.573 e. The van der Waals surface area contributed by atoms with Crippen molar-refractivity contribution in [2.45, 2.75) is 32.2 Å². The van der Waals surface area contributed by atoms with E-state index in [1.807, 2.05) is 6.92 Å². The lowest BCUT2D eigenvalue weighted by molar-refractivity contribution is -0.274. The second-order valence-corrected chi connectivity index (χ2v) is 7.31. The Labute approximate surface area is 173 Å². The van der Waals surface area contributed by atoms with Crippen LogP contribution in [0.5, 0.6) is 17.2 Å². The van der Waals surface area contributed by atoms with E-state index in [9.17, 15) is 22.4 Å². The van der Waals surface area contributed by atoms with Crippen LogP contribution in [0.25, 0.3) is 0 Å². The molecule has 2 aromatic carbocycles. The fourth-order valence-electron chi connectivity index (χ4n) is 3.04. The molecule has 1 amide bonds. The van der Waals surface area contributed by atoms with Crippen molar-refractivity contribution in [1.82, 2.24) is 4.90 Å². The third kappa shape index (κ3) is 5.05. The number of carbonyl (C=O) groups excluding carboxylic acids is 1. The third-order valence-electron chi connectivity index (χ3n) is 4.42. The zero-order valence-electron chi connectivity index (χ0n) is 15.0. The van der Waals surface area contributed by atoms with Gasteiger partial charge in [0, 0.05) is 24.7 Å². The first-order valence-electron chi connectivity index (χ1n) is 8.58. The zero-order chi connectivity index (χ0) is 21.3. The van der Waals surface area contributed by atoms with E-state index < -0.39 is 23.8 Å². The van der Waals surface area contributed by atoms with Crippen LogP contribution < -0.4 is 9.47 Å². The fourth-order valence-corrected chi connectivity index (χ4v) is 3.45. The van der Waals surface area contributed by atoms with Crippen LogP contribution in [0.1, 0.15) is 30.1 Å². The number of rotatable bonds is 4. The SMILES string of the molecule is C[C@@H]1CCCN1C(=O)c1cc(Cl)c(Oc2ccc(OC(F)(F)F)c(Cl)c2)cc1F. The summed E-state index contributed by atoms with van der Waals surface area (Å²) in [6.45, 7) is 2.43. The van der Waals surface area contributed by atoms with E-state index in [4.69, 9.17) is 27.9 Å². The van der Waals surface area contributed by atoms with E-state index in [-0.39, 0.29) is 33.1 Å². The van der Waals surface area contributed by atoms with Crippen molar-refractivity contribution in [2.75, 3.05) is 6.54 Å². The molecule has 10 heteroatoms. The highest BCUT2D eigenvalue weighted by atomic mass is 35.5. The Morgan fingerprint density at radius 2 is 1.83 bits per heavy atom. The van der Waals surface area contributed by atoms with Crippen LogP contribution >= 0.6 is 23.2 Å². The Kier molecular flexibility index (Phi) is 6.14. The molecule has 1 fully saturated rings. The molecule has 0 radical (unpaired) electrons. The molecule has 0 unspecified atom stereocenters. The molecule has 3 rings (SSSR count). The Hall–Kier alpha value is -2.19. The smallest absolute Gasteiger partial charge is 0.456 e. The van der Waals surface area contributed by atoms with Crippen LogP contribution in [-0.4, -0.2) is 29.8 Å². The van der Waals surface area contributed by atoms with Crippen molar-refractivity contribution >= 4 is 29.1 Å². The van der Waals surface area contributed by atoms with E-state index >= 15 is 0 Å². The number of ether oxygens (including phenoxy) is 2. The maximum atomic E-state index is 14.5. The van der Waals surface area contributed by atoms with Crippen LogP contribution in [-0.2, 0) is 0 Å². The second-order valence-electron chi connectivity index (χ2n) is 6.49. The summed E-state index contributed by atoms with van der Waals surface area (Å²) in [7, 11) is 0. The molecule has 4 nitrogen and oxygen atoms in total. The topological polar surface area (TPSA) is 38.8 Å². The predicted octanol–water partition coefficient (Wildman–Crippen LogP) is 6.45. The third-order valence-corrected chi connectivity index (χ3v) is 5.01. The maximum Gasteiger partial charge on any atom is 0.573 e. The molecule has 0 N–H and O–H groups in total. The van der Waals surface area contributed by atoms with E-state index in [0.29, 0.717) is 6.54 Å². The summed E-state index contributed by atoms with van der Waals surface area (Å²) in [4.78, 5) is 14.1. The number of carbonyl (C=O) groups is 1. The van der Waals surface area contributed by atoms with Crippen LogP contribution in [0.2, 0.25) is 10.0 Å². The second kappa shape index (κ2) is 8.28. The minimum atomic E-state index is -4.90. The van der Waals surface area contributed by atoms with Crippen molar-refractivity contribution in [2.24, 2.45) is 0 Å². The Morgan fingerprint density at radius 3 is 2.41 bits per heavy atom. The van der Waals surface area contributed by atoms with Crippen molar-refractivity contribution in [3.05, 3.63) is 51.8 Å². The van der Waals surface area contributed by atoms with Gasteiger partial charge >= 0.3 is 6.36 Å². The number of hydrogen-bond acceptors (Lipinski definition) is 3. The standard InChI is InChI=1S/C19H15Cl2F4NO3/c1-10-3-2-6-26(10)18(27)12-8-14(21)17(9-15(12)22)28-11-4-5-16(13(20)7-11)29-19(23,24)25/h4-5,7-10H,2-3,6H2,1H3/t10-/m1/s1. The van der Waals surface area contributed by atoms with E-state index in [1.54, 1.807) is 4.90 Å². The van der Waals surface area contributed by atoms with Crippen LogP contribution in [0.3, 0.4) is 0 Å². The van der Waals surface area contributed by atoms with E-state index in [0.717, 1.165) is 37.1 Å². The number of hydrogen-bond donors (Lipinski definition) is 0. The highest BCUT2D eigenvalue weighted by Crippen LogP contribution is 2.37. The molecule has 0 saturated carbocycles. The van der Waals surface area contributed by atoms with Gasteiger partial charge in [-0.15, -0.1) is 13.2 Å². The number of alkyl halides is 3. The lowest BCUT2D eigenvalue weighted by atomic mass is 10.1. The molecule has 1 saturated heterocycles. The van der Waals surface area contributed by atoms with Gasteiger partial charge in [-0.2, -0.15) is 0 Å². The van der Waals surface area contributed by atoms with Gasteiger partial charge in [0.15, 0.2) is 0 Å². The highest BCUT2D eigenvalue weighted by Gasteiger charge is 2.32. The Balaban J connectivity index is 1.81. The average molecular weight is 452 g/mol. The molecule has 0 aromatic heterocycles. The quantitative estimate of drug-likeness (QED) is 0.501. The highest BCUT2D eigenvalue weighted by molar-refractivity contribution is 6.32. The van der Waals surface area contributed by atoms with Gasteiger partial charge < -0.3 is 14.4 Å². The van der Waals surface area contributed by atoms with Gasteiger partial charge in [0.2, 0.25) is 0 Å². The normalized spacial score (nSPS) is 16.8. The molecule has 1 heterocycles. The lowest BCUT2D eigenvalue weighted by Gasteiger charge is -2.22. The van der Waals surface area contributed by atoms with Gasteiger partial charge in [-0.05, 0) is 38.0 Å². The summed E-state index contributed by atoms with van der Waals surface area (Å²) < 4.78 is 60.6. The van der Waals surface area contributed by atoms with Gasteiger partial charge in [0.25, 0.3) is 5.91 Å². The van der Waals surface area contributed by atoms with Gasteiger partial charge in [0.05, 0.1) is 15.6 Å². The molecular weight excluding hydrogens is 437 g/mol. The van der Waals surface area contributed by atoms with Gasteiger partial charge in [-0.3, -0.25) is 4.79 Å². The Bertz CT molecular complexity index is 936. The molecule has 156 valence electrons. The first-order valence-corrected chi connectivity index (χ1v) is 9.34. The first-order chi connectivity index (χ1) is 13.5. The van der Waals surface area contributed by atoms with Gasteiger partial charge in [-0.25, -0.2) is 4.39 Å². The molecule has 1 atom stereocenters. The predicted molar refractivity (Wildman–Crippen MR) is 99.4 cm³/mol. The molecule has 1 aliphatic rings. The van der Waals surface area contributed by atoms with Crippen LogP contribution in [0, 0.1) is 5.82 Å². The number of likely N-dealkylation sites (tertiary alicyclic amines) is 1. The van der Waals surface area contributed by atoms with Crippen molar-refractivity contribution < 1.29 is 31.8 Å². The molecule has 0 spiro atoms. The minimum absolute atomic E-state index is 0.0103. The number of nitrogens with zero attached hydrogens (tertiary/aromatic N) is 1. The van der Waals surface area contributed by atoms with Crippen molar-refractivity contribution in [3.8, 4) is 17.2 Å². The zero-order valence-corrected chi connectivity index (χ0v) is 16.5. The summed E-state index contributed by atoms with van der Waals surface area (Å²) in [5, 5.41) is -0.389. The van der Waals surface area contributed by atoms with E-state index in [1.165, 1.54) is 6.07 Å². The summed E-state index contributed by atoms with van der Waals surface area (Å²) >= 11 is 11.9. The summed E-state index contributed by atoms with van der Waals surface area (Å²) in [6.07, 6.45) is -3.21. The average Bonchev–Trinajstić information content (AvgIpc) is 3.04. The van der Waals surface area contributed by atoms with Crippen molar-refractivity contribution in [3.63, 3.8) is 0 Å². The number of halogens is 6. The van der Waals surface area contributed by atoms with Gasteiger partial charge in [-0.1, -0.05) is 23.2 Å². The molecular formula is C19H15Cl2F4NO3. The van der Waals surface area contributed by atoms with Crippen LogP contribution in [0.15, 0.2) is 30.3 Å². The number of amides is 1. The lowest BCUT2D eigenvalue weighted by Crippen LogP contribution is -2.34. The molecule has 0 aliphatic carbocycles. The Morgan fingerprint density at radius 1 is 1.14 bits per heavy atom.